The Labute approximate surface area is 134 Å². The van der Waals surface area contributed by atoms with Gasteiger partial charge in [-0.05, 0) is 32.3 Å². The zero-order valence-electron chi connectivity index (χ0n) is 12.7. The zero-order chi connectivity index (χ0) is 15.5. The number of amides is 1. The average Bonchev–Trinajstić information content (AvgIpc) is 3.17. The van der Waals surface area contributed by atoms with E-state index in [1.54, 1.807) is 12.5 Å². The number of furan rings is 1. The van der Waals surface area contributed by atoms with Crippen molar-refractivity contribution < 1.29 is 9.21 Å². The molecule has 0 spiro atoms. The number of aromatic nitrogens is 1. The van der Waals surface area contributed by atoms with Crippen molar-refractivity contribution >= 4 is 17.2 Å². The largest absolute Gasteiger partial charge is 0.472 e. The van der Waals surface area contributed by atoms with Gasteiger partial charge in [-0.25, -0.2) is 4.98 Å². The highest BCUT2D eigenvalue weighted by molar-refractivity contribution is 7.13. The van der Waals surface area contributed by atoms with Crippen LogP contribution < -0.4 is 5.73 Å². The number of piperidine rings is 1. The molecule has 118 valence electrons. The van der Waals surface area contributed by atoms with Gasteiger partial charge in [0, 0.05) is 29.6 Å². The van der Waals surface area contributed by atoms with Crippen LogP contribution in [-0.2, 0) is 11.2 Å². The van der Waals surface area contributed by atoms with Gasteiger partial charge in [0.05, 0.1) is 18.4 Å². The van der Waals surface area contributed by atoms with E-state index in [4.69, 9.17) is 10.2 Å². The van der Waals surface area contributed by atoms with Crippen molar-refractivity contribution in [1.29, 1.82) is 0 Å². The molecule has 2 N–H and O–H groups in total. The second-order valence-corrected chi connectivity index (χ2v) is 6.70. The summed E-state index contributed by atoms with van der Waals surface area (Å²) in [6, 6.07) is 2.05. The second-order valence-electron chi connectivity index (χ2n) is 5.84. The van der Waals surface area contributed by atoms with Gasteiger partial charge in [-0.3, -0.25) is 4.79 Å². The number of rotatable bonds is 4. The van der Waals surface area contributed by atoms with Crippen LogP contribution in [0.5, 0.6) is 0 Å². The highest BCUT2D eigenvalue weighted by atomic mass is 32.1. The number of likely N-dealkylation sites (tertiary alicyclic amines) is 1. The van der Waals surface area contributed by atoms with E-state index in [0.29, 0.717) is 6.42 Å². The maximum absolute atomic E-state index is 12.6. The van der Waals surface area contributed by atoms with Crippen molar-refractivity contribution in [2.45, 2.75) is 44.7 Å². The third kappa shape index (κ3) is 3.23. The van der Waals surface area contributed by atoms with Crippen molar-refractivity contribution in [3.8, 4) is 10.6 Å². The maximum Gasteiger partial charge on any atom is 0.228 e. The van der Waals surface area contributed by atoms with Crippen LogP contribution in [0.15, 0.2) is 28.4 Å². The number of hydrogen-bond donors (Lipinski definition) is 1. The van der Waals surface area contributed by atoms with Gasteiger partial charge in [0.2, 0.25) is 5.91 Å². The Hall–Kier alpha value is -1.66. The lowest BCUT2D eigenvalue weighted by molar-refractivity contribution is -0.134. The van der Waals surface area contributed by atoms with E-state index in [2.05, 4.69) is 4.98 Å². The molecule has 1 amide bonds. The minimum Gasteiger partial charge on any atom is -0.472 e. The van der Waals surface area contributed by atoms with Crippen LogP contribution in [0.1, 0.15) is 31.9 Å². The van der Waals surface area contributed by atoms with Crippen LogP contribution in [-0.4, -0.2) is 34.4 Å². The Morgan fingerprint density at radius 3 is 3.18 bits per heavy atom. The first-order valence-corrected chi connectivity index (χ1v) is 8.55. The van der Waals surface area contributed by atoms with E-state index in [1.807, 2.05) is 23.3 Å². The first-order chi connectivity index (χ1) is 10.6. The summed E-state index contributed by atoms with van der Waals surface area (Å²) in [6.45, 7) is 2.79. The molecule has 1 aliphatic heterocycles. The van der Waals surface area contributed by atoms with Crippen LogP contribution in [0.2, 0.25) is 0 Å². The molecule has 6 heteroatoms. The summed E-state index contributed by atoms with van der Waals surface area (Å²) >= 11 is 1.54. The zero-order valence-corrected chi connectivity index (χ0v) is 13.5. The lowest BCUT2D eigenvalue weighted by Gasteiger charge is -2.38. The first kappa shape index (κ1) is 15.2. The molecular weight excluding hydrogens is 298 g/mol. The number of thiazole rings is 1. The number of carbonyl (C=O) groups excluding carboxylic acids is 1. The maximum atomic E-state index is 12.6. The van der Waals surface area contributed by atoms with E-state index in [9.17, 15) is 4.79 Å². The molecular formula is C16H21N3O2S. The smallest absolute Gasteiger partial charge is 0.228 e. The molecule has 3 heterocycles. The van der Waals surface area contributed by atoms with Crippen molar-refractivity contribution in [2.24, 2.45) is 5.73 Å². The van der Waals surface area contributed by atoms with Gasteiger partial charge in [0.15, 0.2) is 0 Å². The van der Waals surface area contributed by atoms with E-state index >= 15 is 0 Å². The molecule has 0 aliphatic carbocycles. The molecule has 0 radical (unpaired) electrons. The topological polar surface area (TPSA) is 72.4 Å². The Balaban J connectivity index is 1.68. The monoisotopic (exact) mass is 319 g/mol. The standard InChI is InChI=1S/C16H21N3O2S/c1-11(17)14-4-2-3-6-19(14)15(20)8-13-10-22-16(18-13)12-5-7-21-9-12/h5,7,9-11,14H,2-4,6,8,17H2,1H3. The third-order valence-electron chi connectivity index (χ3n) is 4.13. The molecule has 3 rings (SSSR count). The van der Waals surface area contributed by atoms with Gasteiger partial charge in [0.1, 0.15) is 11.3 Å². The number of nitrogens with zero attached hydrogens (tertiary/aromatic N) is 2. The Bertz CT molecular complexity index is 621. The fourth-order valence-electron chi connectivity index (χ4n) is 2.98. The molecule has 0 aromatic carbocycles. The minimum atomic E-state index is 0.0150. The molecule has 1 saturated heterocycles. The van der Waals surface area contributed by atoms with Crippen LogP contribution in [0.25, 0.3) is 10.6 Å². The SMILES string of the molecule is CC(N)C1CCCCN1C(=O)Cc1csc(-c2ccoc2)n1. The van der Waals surface area contributed by atoms with Crippen LogP contribution in [0.3, 0.4) is 0 Å². The predicted octanol–water partition coefficient (Wildman–Crippen LogP) is 2.67. The molecule has 0 bridgehead atoms. The van der Waals surface area contributed by atoms with Crippen molar-refractivity contribution in [3.05, 3.63) is 29.7 Å². The second kappa shape index (κ2) is 6.62. The highest BCUT2D eigenvalue weighted by Gasteiger charge is 2.29. The van der Waals surface area contributed by atoms with Crippen LogP contribution in [0.4, 0.5) is 0 Å². The van der Waals surface area contributed by atoms with Crippen LogP contribution in [0, 0.1) is 0 Å². The molecule has 22 heavy (non-hydrogen) atoms. The minimum absolute atomic E-state index is 0.0150. The van der Waals surface area contributed by atoms with Crippen molar-refractivity contribution in [1.82, 2.24) is 9.88 Å². The molecule has 0 saturated carbocycles. The Morgan fingerprint density at radius 1 is 1.59 bits per heavy atom. The molecule has 2 atom stereocenters. The first-order valence-electron chi connectivity index (χ1n) is 7.67. The van der Waals surface area contributed by atoms with Gasteiger partial charge >= 0.3 is 0 Å². The summed E-state index contributed by atoms with van der Waals surface area (Å²) in [6.07, 6.45) is 6.85. The van der Waals surface area contributed by atoms with E-state index in [0.717, 1.165) is 42.1 Å². The molecule has 1 aliphatic rings. The summed E-state index contributed by atoms with van der Waals surface area (Å²) in [4.78, 5) is 19.1. The fraction of sp³-hybridized carbons (Fsp3) is 0.500. The molecule has 1 fully saturated rings. The lowest BCUT2D eigenvalue weighted by atomic mass is 9.96. The molecule has 5 nitrogen and oxygen atoms in total. The summed E-state index contributed by atoms with van der Waals surface area (Å²) < 4.78 is 5.07. The normalized spacial score (nSPS) is 20.1. The number of carbonyl (C=O) groups is 1. The summed E-state index contributed by atoms with van der Waals surface area (Å²) in [5, 5.41) is 2.84. The molecule has 2 aromatic rings. The summed E-state index contributed by atoms with van der Waals surface area (Å²) in [5.41, 5.74) is 7.81. The van der Waals surface area contributed by atoms with Gasteiger partial charge < -0.3 is 15.1 Å². The predicted molar refractivity (Wildman–Crippen MR) is 86.5 cm³/mol. The summed E-state index contributed by atoms with van der Waals surface area (Å²) in [7, 11) is 0. The van der Waals surface area contributed by atoms with Crippen molar-refractivity contribution in [2.75, 3.05) is 6.54 Å². The van der Waals surface area contributed by atoms with E-state index < -0.39 is 0 Å². The Morgan fingerprint density at radius 2 is 2.45 bits per heavy atom. The van der Waals surface area contributed by atoms with Crippen LogP contribution >= 0.6 is 11.3 Å². The molecule has 2 unspecified atom stereocenters. The Kier molecular flexibility index (Phi) is 4.59. The fourth-order valence-corrected chi connectivity index (χ4v) is 3.78. The van der Waals surface area contributed by atoms with Crippen molar-refractivity contribution in [3.63, 3.8) is 0 Å². The summed E-state index contributed by atoms with van der Waals surface area (Å²) in [5.74, 6) is 0.131. The van der Waals surface area contributed by atoms with E-state index in [-0.39, 0.29) is 18.0 Å². The van der Waals surface area contributed by atoms with Gasteiger partial charge in [-0.1, -0.05) is 0 Å². The number of hydrogen-bond acceptors (Lipinski definition) is 5. The lowest BCUT2D eigenvalue weighted by Crippen LogP contribution is -2.52. The average molecular weight is 319 g/mol. The van der Waals surface area contributed by atoms with Gasteiger partial charge in [-0.15, -0.1) is 11.3 Å². The molecule has 2 aromatic heterocycles. The quantitative estimate of drug-likeness (QED) is 0.940. The highest BCUT2D eigenvalue weighted by Crippen LogP contribution is 2.25. The number of nitrogens with two attached hydrogens (primary N) is 1. The van der Waals surface area contributed by atoms with Gasteiger partial charge in [-0.2, -0.15) is 0 Å². The van der Waals surface area contributed by atoms with Gasteiger partial charge in [0.25, 0.3) is 0 Å². The van der Waals surface area contributed by atoms with E-state index in [1.165, 1.54) is 11.3 Å². The third-order valence-corrected chi connectivity index (χ3v) is 5.07.